The first-order chi connectivity index (χ1) is 16.9. The molecule has 1 atom stereocenters. The van der Waals surface area contributed by atoms with Gasteiger partial charge in [0.15, 0.2) is 5.16 Å². The van der Waals surface area contributed by atoms with Crippen LogP contribution in [0.25, 0.3) is 0 Å². The highest BCUT2D eigenvalue weighted by atomic mass is 35.5. The third kappa shape index (κ3) is 6.66. The summed E-state index contributed by atoms with van der Waals surface area (Å²) in [7, 11) is 0. The van der Waals surface area contributed by atoms with Gasteiger partial charge < -0.3 is 15.1 Å². The summed E-state index contributed by atoms with van der Waals surface area (Å²) in [6, 6.07) is 18.5. The molecule has 1 saturated heterocycles. The van der Waals surface area contributed by atoms with E-state index in [1.165, 1.54) is 11.8 Å². The van der Waals surface area contributed by atoms with Gasteiger partial charge in [-0.15, -0.1) is 0 Å². The van der Waals surface area contributed by atoms with Crippen LogP contribution in [0.5, 0.6) is 0 Å². The second kappa shape index (κ2) is 11.7. The Morgan fingerprint density at radius 2 is 1.80 bits per heavy atom. The highest BCUT2D eigenvalue weighted by molar-refractivity contribution is 7.99. The highest BCUT2D eigenvalue weighted by Gasteiger charge is 2.30. The van der Waals surface area contributed by atoms with Gasteiger partial charge in [0.05, 0.1) is 16.3 Å². The van der Waals surface area contributed by atoms with Crippen molar-refractivity contribution >= 4 is 52.6 Å². The van der Waals surface area contributed by atoms with Gasteiger partial charge in [0, 0.05) is 38.3 Å². The summed E-state index contributed by atoms with van der Waals surface area (Å²) in [4.78, 5) is 38.1. The lowest BCUT2D eigenvalue weighted by atomic mass is 10.1. The Balaban J connectivity index is 1.35. The number of carbonyl (C=O) groups is 2. The van der Waals surface area contributed by atoms with Crippen LogP contribution in [0.1, 0.15) is 22.8 Å². The van der Waals surface area contributed by atoms with Crippen LogP contribution in [0.2, 0.25) is 10.2 Å². The number of benzene rings is 2. The van der Waals surface area contributed by atoms with Crippen molar-refractivity contribution in [2.24, 2.45) is 0 Å². The molecule has 1 aliphatic rings. The van der Waals surface area contributed by atoms with E-state index in [0.29, 0.717) is 52.9 Å². The molecule has 4 rings (SSSR count). The number of piperazine rings is 1. The lowest BCUT2D eigenvalue weighted by Gasteiger charge is -2.40. The summed E-state index contributed by atoms with van der Waals surface area (Å²) in [6.07, 6.45) is 0. The standard InChI is InChI=1S/C25H25Cl2N5O2S/c1-17-15-31(11-12-32(17)24(34)19-9-5-6-10-20(19)26)22-13-21(27)29-25(30-22)35-16-23(33)28-14-18-7-3-2-4-8-18/h2-10,13,17H,11-12,14-16H2,1H3,(H,28,33). The largest absolute Gasteiger partial charge is 0.353 e. The average Bonchev–Trinajstić information content (AvgIpc) is 2.86. The molecule has 0 bridgehead atoms. The van der Waals surface area contributed by atoms with E-state index >= 15 is 0 Å². The molecule has 35 heavy (non-hydrogen) atoms. The summed E-state index contributed by atoms with van der Waals surface area (Å²) >= 11 is 13.7. The Hall–Kier alpha value is -2.81. The average molecular weight is 530 g/mol. The molecule has 3 aromatic rings. The molecule has 0 spiro atoms. The maximum absolute atomic E-state index is 13.0. The van der Waals surface area contributed by atoms with Crippen molar-refractivity contribution in [3.05, 3.63) is 82.0 Å². The summed E-state index contributed by atoms with van der Waals surface area (Å²) in [5.41, 5.74) is 1.54. The molecule has 1 unspecified atom stereocenters. The van der Waals surface area contributed by atoms with E-state index in [9.17, 15) is 9.59 Å². The molecule has 1 aliphatic heterocycles. The van der Waals surface area contributed by atoms with Crippen molar-refractivity contribution in [3.8, 4) is 0 Å². The molecule has 0 radical (unpaired) electrons. The molecular formula is C25H25Cl2N5O2S. The van der Waals surface area contributed by atoms with Gasteiger partial charge in [-0.2, -0.15) is 0 Å². The normalized spacial score (nSPS) is 15.7. The Labute approximate surface area is 218 Å². The highest BCUT2D eigenvalue weighted by Crippen LogP contribution is 2.25. The fourth-order valence-corrected chi connectivity index (χ4v) is 4.97. The predicted molar refractivity (Wildman–Crippen MR) is 140 cm³/mol. The molecular weight excluding hydrogens is 505 g/mol. The number of aromatic nitrogens is 2. The van der Waals surface area contributed by atoms with Crippen LogP contribution in [-0.2, 0) is 11.3 Å². The maximum atomic E-state index is 13.0. The van der Waals surface area contributed by atoms with Crippen molar-refractivity contribution in [3.63, 3.8) is 0 Å². The van der Waals surface area contributed by atoms with E-state index in [4.69, 9.17) is 23.2 Å². The molecule has 7 nitrogen and oxygen atoms in total. The van der Waals surface area contributed by atoms with Crippen LogP contribution in [-0.4, -0.2) is 58.1 Å². The Bertz CT molecular complexity index is 1200. The quantitative estimate of drug-likeness (QED) is 0.275. The Kier molecular flexibility index (Phi) is 8.49. The molecule has 10 heteroatoms. The van der Waals surface area contributed by atoms with Gasteiger partial charge in [-0.05, 0) is 24.6 Å². The molecule has 182 valence electrons. The topological polar surface area (TPSA) is 78.4 Å². The zero-order valence-electron chi connectivity index (χ0n) is 19.2. The minimum Gasteiger partial charge on any atom is -0.353 e. The summed E-state index contributed by atoms with van der Waals surface area (Å²) < 4.78 is 0. The molecule has 1 aromatic heterocycles. The van der Waals surface area contributed by atoms with E-state index in [1.54, 1.807) is 18.2 Å². The second-order valence-corrected chi connectivity index (χ2v) is 9.89. The number of carbonyl (C=O) groups excluding carboxylic acids is 2. The number of nitrogens with zero attached hydrogens (tertiary/aromatic N) is 4. The lowest BCUT2D eigenvalue weighted by molar-refractivity contribution is -0.118. The monoisotopic (exact) mass is 529 g/mol. The first kappa shape index (κ1) is 25.3. The van der Waals surface area contributed by atoms with Crippen molar-refractivity contribution in [2.45, 2.75) is 24.7 Å². The number of thioether (sulfide) groups is 1. The molecule has 2 aromatic carbocycles. The number of halogens is 2. The van der Waals surface area contributed by atoms with Gasteiger partial charge in [0.25, 0.3) is 5.91 Å². The van der Waals surface area contributed by atoms with Crippen molar-refractivity contribution in [1.29, 1.82) is 0 Å². The van der Waals surface area contributed by atoms with Crippen LogP contribution < -0.4 is 10.2 Å². The van der Waals surface area contributed by atoms with Gasteiger partial charge in [0.2, 0.25) is 5.91 Å². The van der Waals surface area contributed by atoms with Gasteiger partial charge in [-0.25, -0.2) is 9.97 Å². The summed E-state index contributed by atoms with van der Waals surface area (Å²) in [5.74, 6) is 0.669. The van der Waals surface area contributed by atoms with E-state index in [-0.39, 0.29) is 23.6 Å². The third-order valence-electron chi connectivity index (χ3n) is 5.64. The molecule has 1 fully saturated rings. The molecule has 0 aliphatic carbocycles. The van der Waals surface area contributed by atoms with Crippen molar-refractivity contribution < 1.29 is 9.59 Å². The van der Waals surface area contributed by atoms with Crippen molar-refractivity contribution in [1.82, 2.24) is 20.2 Å². The van der Waals surface area contributed by atoms with E-state index in [1.807, 2.05) is 54.3 Å². The second-order valence-electron chi connectivity index (χ2n) is 8.16. The molecule has 2 heterocycles. The van der Waals surface area contributed by atoms with Crippen LogP contribution in [0.3, 0.4) is 0 Å². The van der Waals surface area contributed by atoms with Gasteiger partial charge in [-0.3, -0.25) is 9.59 Å². The third-order valence-corrected chi connectivity index (χ3v) is 7.01. The van der Waals surface area contributed by atoms with Crippen LogP contribution in [0.15, 0.2) is 65.8 Å². The minimum absolute atomic E-state index is 0.0545. The number of hydrogen-bond acceptors (Lipinski definition) is 6. The number of hydrogen-bond donors (Lipinski definition) is 1. The van der Waals surface area contributed by atoms with Gasteiger partial charge >= 0.3 is 0 Å². The number of amides is 2. The maximum Gasteiger partial charge on any atom is 0.255 e. The van der Waals surface area contributed by atoms with Crippen LogP contribution in [0, 0.1) is 0 Å². The first-order valence-corrected chi connectivity index (χ1v) is 12.9. The number of anilines is 1. The SMILES string of the molecule is CC1CN(c2cc(Cl)nc(SCC(=O)NCc3ccccc3)n2)CCN1C(=O)c1ccccc1Cl. The Morgan fingerprint density at radius 1 is 1.06 bits per heavy atom. The van der Waals surface area contributed by atoms with E-state index in [0.717, 1.165) is 5.56 Å². The smallest absolute Gasteiger partial charge is 0.255 e. The summed E-state index contributed by atoms with van der Waals surface area (Å²) in [5, 5.41) is 4.09. The zero-order chi connectivity index (χ0) is 24.8. The fraction of sp³-hybridized carbons (Fsp3) is 0.280. The van der Waals surface area contributed by atoms with E-state index < -0.39 is 0 Å². The molecule has 0 saturated carbocycles. The molecule has 2 amide bonds. The zero-order valence-corrected chi connectivity index (χ0v) is 21.5. The molecule has 1 N–H and O–H groups in total. The van der Waals surface area contributed by atoms with Crippen molar-refractivity contribution in [2.75, 3.05) is 30.3 Å². The van der Waals surface area contributed by atoms with E-state index in [2.05, 4.69) is 20.2 Å². The lowest BCUT2D eigenvalue weighted by Crippen LogP contribution is -2.54. The number of rotatable bonds is 7. The minimum atomic E-state index is -0.107. The predicted octanol–water partition coefficient (Wildman–Crippen LogP) is 4.54. The van der Waals surface area contributed by atoms with Crippen LogP contribution >= 0.6 is 35.0 Å². The summed E-state index contributed by atoms with van der Waals surface area (Å²) in [6.45, 7) is 4.17. The van der Waals surface area contributed by atoms with Crippen LogP contribution in [0.4, 0.5) is 5.82 Å². The first-order valence-electron chi connectivity index (χ1n) is 11.2. The number of nitrogens with one attached hydrogen (secondary N) is 1. The van der Waals surface area contributed by atoms with Gasteiger partial charge in [-0.1, -0.05) is 77.4 Å². The fourth-order valence-electron chi connectivity index (χ4n) is 3.85. The Morgan fingerprint density at radius 3 is 2.54 bits per heavy atom. The van der Waals surface area contributed by atoms with Gasteiger partial charge in [0.1, 0.15) is 11.0 Å².